The Labute approximate surface area is 122 Å². The summed E-state index contributed by atoms with van der Waals surface area (Å²) < 4.78 is 0. The van der Waals surface area contributed by atoms with Crippen LogP contribution in [0.2, 0.25) is 0 Å². The van der Waals surface area contributed by atoms with Crippen molar-refractivity contribution in [3.8, 4) is 0 Å². The third kappa shape index (κ3) is 4.26. The maximum Gasteiger partial charge on any atom is 0.220 e. The molecule has 3 heteroatoms. The second-order valence-electron chi connectivity index (χ2n) is 5.84. The van der Waals surface area contributed by atoms with E-state index in [2.05, 4.69) is 48.3 Å². The maximum atomic E-state index is 11.6. The third-order valence-corrected chi connectivity index (χ3v) is 4.03. The molecule has 1 aromatic rings. The Kier molecular flexibility index (Phi) is 5.45. The standard InChI is InChI=1S/C17H26N2O/c1-3-4-5-17(20)18-12-15-10-11-19(13-15)16-8-6-14(2)7-9-16/h6-9,15H,3-5,10-13H2,1-2H3,(H,18,20). The molecule has 1 saturated heterocycles. The minimum absolute atomic E-state index is 0.209. The van der Waals surface area contributed by atoms with Crippen LogP contribution in [0.3, 0.4) is 0 Å². The van der Waals surface area contributed by atoms with Gasteiger partial charge in [-0.3, -0.25) is 4.79 Å². The van der Waals surface area contributed by atoms with Crippen LogP contribution in [0, 0.1) is 12.8 Å². The number of hydrogen-bond acceptors (Lipinski definition) is 2. The highest BCUT2D eigenvalue weighted by Crippen LogP contribution is 2.23. The van der Waals surface area contributed by atoms with Gasteiger partial charge in [0, 0.05) is 31.7 Å². The molecule has 1 unspecified atom stereocenters. The van der Waals surface area contributed by atoms with E-state index < -0.39 is 0 Å². The number of amides is 1. The average Bonchev–Trinajstić information content (AvgIpc) is 2.92. The molecule has 0 spiro atoms. The zero-order valence-corrected chi connectivity index (χ0v) is 12.7. The van der Waals surface area contributed by atoms with Gasteiger partial charge in [-0.1, -0.05) is 31.0 Å². The molecule has 20 heavy (non-hydrogen) atoms. The summed E-state index contributed by atoms with van der Waals surface area (Å²) in [6, 6.07) is 8.71. The summed E-state index contributed by atoms with van der Waals surface area (Å²) in [5, 5.41) is 3.07. The highest BCUT2D eigenvalue weighted by molar-refractivity contribution is 5.75. The number of unbranched alkanes of at least 4 members (excludes halogenated alkanes) is 1. The molecule has 1 atom stereocenters. The van der Waals surface area contributed by atoms with Crippen LogP contribution in [0.15, 0.2) is 24.3 Å². The van der Waals surface area contributed by atoms with E-state index in [0.29, 0.717) is 12.3 Å². The molecule has 1 heterocycles. The summed E-state index contributed by atoms with van der Waals surface area (Å²) in [5.74, 6) is 0.794. The molecular weight excluding hydrogens is 248 g/mol. The Balaban J connectivity index is 1.75. The molecule has 1 N–H and O–H groups in total. The molecule has 0 radical (unpaired) electrons. The van der Waals surface area contributed by atoms with Gasteiger partial charge in [0.2, 0.25) is 5.91 Å². The Morgan fingerprint density at radius 3 is 2.80 bits per heavy atom. The number of rotatable bonds is 6. The monoisotopic (exact) mass is 274 g/mol. The molecule has 1 fully saturated rings. The van der Waals surface area contributed by atoms with E-state index in [0.717, 1.165) is 32.5 Å². The molecule has 0 aliphatic carbocycles. The quantitative estimate of drug-likeness (QED) is 0.864. The minimum atomic E-state index is 0.209. The third-order valence-electron chi connectivity index (χ3n) is 4.03. The van der Waals surface area contributed by atoms with Crippen LogP contribution in [0.1, 0.15) is 38.2 Å². The molecule has 1 aliphatic rings. The van der Waals surface area contributed by atoms with E-state index in [9.17, 15) is 4.79 Å². The number of carbonyl (C=O) groups is 1. The second kappa shape index (κ2) is 7.32. The number of benzene rings is 1. The highest BCUT2D eigenvalue weighted by Gasteiger charge is 2.22. The first kappa shape index (κ1) is 14.9. The van der Waals surface area contributed by atoms with Crippen LogP contribution in [-0.4, -0.2) is 25.5 Å². The van der Waals surface area contributed by atoms with E-state index in [1.165, 1.54) is 17.7 Å². The molecule has 1 aromatic carbocycles. The highest BCUT2D eigenvalue weighted by atomic mass is 16.1. The van der Waals surface area contributed by atoms with Crippen LogP contribution < -0.4 is 10.2 Å². The van der Waals surface area contributed by atoms with E-state index in [1.54, 1.807) is 0 Å². The van der Waals surface area contributed by atoms with Crippen LogP contribution in [-0.2, 0) is 4.79 Å². The fourth-order valence-corrected chi connectivity index (χ4v) is 2.67. The lowest BCUT2D eigenvalue weighted by molar-refractivity contribution is -0.121. The van der Waals surface area contributed by atoms with Gasteiger partial charge in [0.25, 0.3) is 0 Å². The predicted molar refractivity (Wildman–Crippen MR) is 84.0 cm³/mol. The summed E-state index contributed by atoms with van der Waals surface area (Å²) in [4.78, 5) is 14.0. The van der Waals surface area contributed by atoms with Crippen molar-refractivity contribution in [2.24, 2.45) is 5.92 Å². The van der Waals surface area contributed by atoms with Crippen molar-refractivity contribution in [1.82, 2.24) is 5.32 Å². The van der Waals surface area contributed by atoms with Crippen molar-refractivity contribution < 1.29 is 4.79 Å². The van der Waals surface area contributed by atoms with Crippen LogP contribution >= 0.6 is 0 Å². The fourth-order valence-electron chi connectivity index (χ4n) is 2.67. The zero-order valence-electron chi connectivity index (χ0n) is 12.7. The van der Waals surface area contributed by atoms with Crippen molar-refractivity contribution in [3.05, 3.63) is 29.8 Å². The summed E-state index contributed by atoms with van der Waals surface area (Å²) in [7, 11) is 0. The summed E-state index contributed by atoms with van der Waals surface area (Å²) in [6.07, 6.45) is 3.91. The summed E-state index contributed by atoms with van der Waals surface area (Å²) in [6.45, 7) is 7.20. The molecule has 0 saturated carbocycles. The number of hydrogen-bond donors (Lipinski definition) is 1. The molecule has 1 aliphatic heterocycles. The minimum Gasteiger partial charge on any atom is -0.371 e. The van der Waals surface area contributed by atoms with Gasteiger partial charge in [0.1, 0.15) is 0 Å². The van der Waals surface area contributed by atoms with Crippen molar-refractivity contribution in [3.63, 3.8) is 0 Å². The van der Waals surface area contributed by atoms with Crippen LogP contribution in [0.5, 0.6) is 0 Å². The topological polar surface area (TPSA) is 32.3 Å². The van der Waals surface area contributed by atoms with Gasteiger partial charge in [0.15, 0.2) is 0 Å². The zero-order chi connectivity index (χ0) is 14.4. The number of aryl methyl sites for hydroxylation is 1. The van der Waals surface area contributed by atoms with Gasteiger partial charge in [-0.25, -0.2) is 0 Å². The van der Waals surface area contributed by atoms with Crippen molar-refractivity contribution >= 4 is 11.6 Å². The first-order chi connectivity index (χ1) is 9.69. The van der Waals surface area contributed by atoms with E-state index in [-0.39, 0.29) is 5.91 Å². The number of nitrogens with one attached hydrogen (secondary N) is 1. The average molecular weight is 274 g/mol. The van der Waals surface area contributed by atoms with Crippen molar-refractivity contribution in [2.75, 3.05) is 24.5 Å². The SMILES string of the molecule is CCCCC(=O)NCC1CCN(c2ccc(C)cc2)C1. The summed E-state index contributed by atoms with van der Waals surface area (Å²) >= 11 is 0. The number of carbonyl (C=O) groups excluding carboxylic acids is 1. The normalized spacial score (nSPS) is 18.3. The Morgan fingerprint density at radius 1 is 1.35 bits per heavy atom. The van der Waals surface area contributed by atoms with Gasteiger partial charge in [0.05, 0.1) is 0 Å². The smallest absolute Gasteiger partial charge is 0.220 e. The molecule has 2 rings (SSSR count). The van der Waals surface area contributed by atoms with Gasteiger partial charge in [-0.15, -0.1) is 0 Å². The number of anilines is 1. The first-order valence-corrected chi connectivity index (χ1v) is 7.77. The Morgan fingerprint density at radius 2 is 2.10 bits per heavy atom. The summed E-state index contributed by atoms with van der Waals surface area (Å²) in [5.41, 5.74) is 2.60. The fraction of sp³-hybridized carbons (Fsp3) is 0.588. The predicted octanol–water partition coefficient (Wildman–Crippen LogP) is 3.13. The molecule has 3 nitrogen and oxygen atoms in total. The van der Waals surface area contributed by atoms with Gasteiger partial charge < -0.3 is 10.2 Å². The van der Waals surface area contributed by atoms with Gasteiger partial charge >= 0.3 is 0 Å². The Bertz CT molecular complexity index is 427. The van der Waals surface area contributed by atoms with Gasteiger partial charge in [-0.2, -0.15) is 0 Å². The molecular formula is C17H26N2O. The number of nitrogens with zero attached hydrogens (tertiary/aromatic N) is 1. The Hall–Kier alpha value is -1.51. The molecule has 110 valence electrons. The van der Waals surface area contributed by atoms with E-state index in [4.69, 9.17) is 0 Å². The van der Waals surface area contributed by atoms with Crippen molar-refractivity contribution in [1.29, 1.82) is 0 Å². The largest absolute Gasteiger partial charge is 0.371 e. The lowest BCUT2D eigenvalue weighted by Crippen LogP contribution is -2.30. The maximum absolute atomic E-state index is 11.6. The molecule has 1 amide bonds. The second-order valence-corrected chi connectivity index (χ2v) is 5.84. The molecule has 0 bridgehead atoms. The van der Waals surface area contributed by atoms with Crippen LogP contribution in [0.4, 0.5) is 5.69 Å². The van der Waals surface area contributed by atoms with E-state index in [1.807, 2.05) is 0 Å². The first-order valence-electron chi connectivity index (χ1n) is 7.77. The van der Waals surface area contributed by atoms with Crippen LogP contribution in [0.25, 0.3) is 0 Å². The lowest BCUT2D eigenvalue weighted by Gasteiger charge is -2.19. The molecule has 0 aromatic heterocycles. The van der Waals surface area contributed by atoms with E-state index >= 15 is 0 Å². The van der Waals surface area contributed by atoms with Gasteiger partial charge in [-0.05, 0) is 37.8 Å². The van der Waals surface area contributed by atoms with Crippen molar-refractivity contribution in [2.45, 2.75) is 39.5 Å². The lowest BCUT2D eigenvalue weighted by atomic mass is 10.1.